The zero-order valence-corrected chi connectivity index (χ0v) is 17.1. The summed E-state index contributed by atoms with van der Waals surface area (Å²) >= 11 is 0. The van der Waals surface area contributed by atoms with E-state index < -0.39 is 0 Å². The van der Waals surface area contributed by atoms with Crippen LogP contribution >= 0.6 is 0 Å². The number of aryl methyl sites for hydroxylation is 2. The van der Waals surface area contributed by atoms with Gasteiger partial charge < -0.3 is 20.9 Å². The lowest BCUT2D eigenvalue weighted by Gasteiger charge is -2.13. The quantitative estimate of drug-likeness (QED) is 0.367. The van der Waals surface area contributed by atoms with Crippen molar-refractivity contribution < 1.29 is 9.47 Å². The first-order valence-electron chi connectivity index (χ1n) is 9.76. The number of nitrogens with two attached hydrogens (primary N) is 2. The first-order valence-corrected chi connectivity index (χ1v) is 9.76. The number of hydrogen-bond acceptors (Lipinski definition) is 4. The zero-order chi connectivity index (χ0) is 21.1. The number of hydrogen-bond donors (Lipinski definition) is 2. The van der Waals surface area contributed by atoms with Crippen molar-refractivity contribution in [3.63, 3.8) is 0 Å². The summed E-state index contributed by atoms with van der Waals surface area (Å²) in [5, 5.41) is 0. The maximum atomic E-state index is 5.99. The van der Waals surface area contributed by atoms with Gasteiger partial charge >= 0.3 is 0 Å². The van der Waals surface area contributed by atoms with Gasteiger partial charge in [-0.1, -0.05) is 12.1 Å². The molecule has 0 amide bonds. The molecule has 4 N–H and O–H groups in total. The van der Waals surface area contributed by atoms with Crippen LogP contribution in [0, 0.1) is 13.8 Å². The summed E-state index contributed by atoms with van der Waals surface area (Å²) in [7, 11) is 0. The summed E-state index contributed by atoms with van der Waals surface area (Å²) in [6.45, 7) is 4.09. The molecule has 4 aromatic carbocycles. The fourth-order valence-electron chi connectivity index (χ4n) is 3.21. The molecule has 0 aliphatic carbocycles. The Morgan fingerprint density at radius 3 is 1.20 bits per heavy atom. The largest absolute Gasteiger partial charge is 0.457 e. The van der Waals surface area contributed by atoms with Crippen molar-refractivity contribution >= 4 is 11.4 Å². The monoisotopic (exact) mass is 396 g/mol. The fraction of sp³-hybridized carbons (Fsp3) is 0.0769. The minimum absolute atomic E-state index is 0.716. The molecular formula is C26H24N2O2. The van der Waals surface area contributed by atoms with Gasteiger partial charge in [0.05, 0.1) is 0 Å². The van der Waals surface area contributed by atoms with E-state index in [1.807, 2.05) is 74.5 Å². The van der Waals surface area contributed by atoms with Crippen LogP contribution in [0.5, 0.6) is 23.0 Å². The first kappa shape index (κ1) is 19.4. The summed E-state index contributed by atoms with van der Waals surface area (Å²) in [6.07, 6.45) is 0. The molecule has 0 saturated carbocycles. The molecule has 0 fully saturated rings. The molecule has 0 spiro atoms. The van der Waals surface area contributed by atoms with Crippen LogP contribution in [0.25, 0.3) is 11.1 Å². The molecule has 0 saturated heterocycles. The van der Waals surface area contributed by atoms with Crippen molar-refractivity contribution in [2.75, 3.05) is 11.5 Å². The Morgan fingerprint density at radius 2 is 0.867 bits per heavy atom. The Hall–Kier alpha value is -3.92. The molecular weight excluding hydrogens is 372 g/mol. The normalized spacial score (nSPS) is 10.6. The first-order chi connectivity index (χ1) is 14.5. The van der Waals surface area contributed by atoms with Gasteiger partial charge in [-0.25, -0.2) is 0 Å². The van der Waals surface area contributed by atoms with E-state index in [4.69, 9.17) is 20.9 Å². The van der Waals surface area contributed by atoms with E-state index in [1.165, 1.54) is 0 Å². The van der Waals surface area contributed by atoms with Crippen LogP contribution in [-0.4, -0.2) is 0 Å². The number of benzene rings is 4. The van der Waals surface area contributed by atoms with Crippen molar-refractivity contribution in [1.82, 2.24) is 0 Å². The molecule has 4 aromatic rings. The molecule has 150 valence electrons. The van der Waals surface area contributed by atoms with Crippen molar-refractivity contribution in [1.29, 1.82) is 0 Å². The third-order valence-corrected chi connectivity index (χ3v) is 4.90. The zero-order valence-electron chi connectivity index (χ0n) is 17.1. The molecule has 0 bridgehead atoms. The molecule has 4 rings (SSSR count). The third kappa shape index (κ3) is 4.39. The van der Waals surface area contributed by atoms with Crippen LogP contribution in [0.1, 0.15) is 11.1 Å². The highest BCUT2D eigenvalue weighted by Gasteiger charge is 2.08. The molecule has 0 aromatic heterocycles. The highest BCUT2D eigenvalue weighted by Crippen LogP contribution is 2.33. The van der Waals surface area contributed by atoms with Crippen LogP contribution < -0.4 is 20.9 Å². The molecule has 0 unspecified atom stereocenters. The smallest absolute Gasteiger partial charge is 0.130 e. The van der Waals surface area contributed by atoms with Gasteiger partial charge in [0, 0.05) is 11.4 Å². The van der Waals surface area contributed by atoms with Crippen molar-refractivity contribution in [2.45, 2.75) is 13.8 Å². The second-order valence-electron chi connectivity index (χ2n) is 7.30. The molecule has 30 heavy (non-hydrogen) atoms. The second kappa shape index (κ2) is 8.21. The Bertz CT molecular complexity index is 1070. The Morgan fingerprint density at radius 1 is 0.500 bits per heavy atom. The van der Waals surface area contributed by atoms with Crippen LogP contribution in [0.2, 0.25) is 0 Å². The summed E-state index contributed by atoms with van der Waals surface area (Å²) in [5.74, 6) is 3.17. The molecule has 0 atom stereocenters. The average molecular weight is 396 g/mol. The molecule has 4 nitrogen and oxygen atoms in total. The van der Waals surface area contributed by atoms with E-state index in [0.29, 0.717) is 11.4 Å². The summed E-state index contributed by atoms with van der Waals surface area (Å²) in [6, 6.07) is 27.2. The number of rotatable bonds is 5. The van der Waals surface area contributed by atoms with Crippen molar-refractivity contribution in [2.24, 2.45) is 0 Å². The minimum atomic E-state index is 0.716. The Labute approximate surface area is 176 Å². The van der Waals surface area contributed by atoms with E-state index >= 15 is 0 Å². The second-order valence-corrected chi connectivity index (χ2v) is 7.30. The van der Waals surface area contributed by atoms with Crippen molar-refractivity contribution in [3.8, 4) is 34.1 Å². The SMILES string of the molecule is Cc1cc(-c2ccc(Oc3ccc(N)cc3)c(C)c2)ccc1Oc1ccc(N)cc1. The number of anilines is 2. The standard InChI is InChI=1S/C26H24N2O2/c1-17-15-19(3-13-25(17)29-23-9-5-21(27)6-10-23)20-4-14-26(18(2)16-20)30-24-11-7-22(28)8-12-24/h3-16H,27-28H2,1-2H3. The Kier molecular flexibility index (Phi) is 5.31. The van der Waals surface area contributed by atoms with E-state index in [0.717, 1.165) is 45.3 Å². The maximum absolute atomic E-state index is 5.99. The van der Waals surface area contributed by atoms with Crippen LogP contribution in [-0.2, 0) is 0 Å². The van der Waals surface area contributed by atoms with Gasteiger partial charge in [-0.3, -0.25) is 0 Å². The van der Waals surface area contributed by atoms with Gasteiger partial charge in [0.1, 0.15) is 23.0 Å². The van der Waals surface area contributed by atoms with Gasteiger partial charge in [-0.15, -0.1) is 0 Å². The molecule has 0 aliphatic rings. The topological polar surface area (TPSA) is 70.5 Å². The Balaban J connectivity index is 1.53. The predicted molar refractivity (Wildman–Crippen MR) is 123 cm³/mol. The van der Waals surface area contributed by atoms with Gasteiger partial charge in [0.2, 0.25) is 0 Å². The summed E-state index contributed by atoms with van der Waals surface area (Å²) in [4.78, 5) is 0. The van der Waals surface area contributed by atoms with E-state index in [9.17, 15) is 0 Å². The molecule has 4 heteroatoms. The lowest BCUT2D eigenvalue weighted by Crippen LogP contribution is -1.91. The maximum Gasteiger partial charge on any atom is 0.130 e. The lowest BCUT2D eigenvalue weighted by molar-refractivity contribution is 0.478. The highest BCUT2D eigenvalue weighted by molar-refractivity contribution is 5.68. The number of ether oxygens (including phenoxy) is 2. The van der Waals surface area contributed by atoms with Crippen molar-refractivity contribution in [3.05, 3.63) is 96.1 Å². The van der Waals surface area contributed by atoms with Gasteiger partial charge in [-0.2, -0.15) is 0 Å². The molecule has 0 heterocycles. The van der Waals surface area contributed by atoms with Gasteiger partial charge in [0.25, 0.3) is 0 Å². The fourth-order valence-corrected chi connectivity index (χ4v) is 3.21. The van der Waals surface area contributed by atoms with Crippen LogP contribution in [0.15, 0.2) is 84.9 Å². The van der Waals surface area contributed by atoms with Crippen LogP contribution in [0.4, 0.5) is 11.4 Å². The van der Waals surface area contributed by atoms with Gasteiger partial charge in [-0.05, 0) is 109 Å². The third-order valence-electron chi connectivity index (χ3n) is 4.90. The van der Waals surface area contributed by atoms with E-state index in [-0.39, 0.29) is 0 Å². The summed E-state index contributed by atoms with van der Waals surface area (Å²) in [5.41, 5.74) is 17.3. The summed E-state index contributed by atoms with van der Waals surface area (Å²) < 4.78 is 12.0. The predicted octanol–water partition coefficient (Wildman–Crippen LogP) is 6.72. The molecule has 0 radical (unpaired) electrons. The average Bonchev–Trinajstić information content (AvgIpc) is 2.74. The van der Waals surface area contributed by atoms with Gasteiger partial charge in [0.15, 0.2) is 0 Å². The molecule has 0 aliphatic heterocycles. The van der Waals surface area contributed by atoms with E-state index in [2.05, 4.69) is 24.3 Å². The number of nitrogen functional groups attached to an aromatic ring is 2. The minimum Gasteiger partial charge on any atom is -0.457 e. The highest BCUT2D eigenvalue weighted by atomic mass is 16.5. The van der Waals surface area contributed by atoms with E-state index in [1.54, 1.807) is 0 Å². The van der Waals surface area contributed by atoms with Crippen LogP contribution in [0.3, 0.4) is 0 Å². The lowest BCUT2D eigenvalue weighted by atomic mass is 10.0.